The van der Waals surface area contributed by atoms with Crippen LogP contribution in [0.5, 0.6) is 5.75 Å². The Hall–Kier alpha value is -1.22. The molecule has 1 aromatic carbocycles. The van der Waals surface area contributed by atoms with E-state index in [1.54, 1.807) is 0 Å². The summed E-state index contributed by atoms with van der Waals surface area (Å²) in [6.07, 6.45) is 0.200. The van der Waals surface area contributed by atoms with E-state index in [1.807, 2.05) is 38.1 Å². The van der Waals surface area contributed by atoms with Gasteiger partial charge >= 0.3 is 0 Å². The molecule has 1 fully saturated rings. The third kappa shape index (κ3) is 2.63. The van der Waals surface area contributed by atoms with E-state index in [2.05, 4.69) is 5.32 Å². The highest BCUT2D eigenvalue weighted by Gasteiger charge is 2.19. The third-order valence-corrected chi connectivity index (χ3v) is 2.25. The Bertz CT molecular complexity index is 321. The topological polar surface area (TPSA) is 30.5 Å². The molecule has 0 aliphatic carbocycles. The lowest BCUT2D eigenvalue weighted by Gasteiger charge is -2.28. The van der Waals surface area contributed by atoms with Crippen LogP contribution in [0.15, 0.2) is 24.3 Å². The van der Waals surface area contributed by atoms with Gasteiger partial charge in [-0.05, 0) is 26.0 Å². The van der Waals surface area contributed by atoms with Crippen molar-refractivity contribution in [2.45, 2.75) is 26.0 Å². The molecule has 1 aliphatic rings. The number of benzene rings is 1. The molecular formula is C12H17NO2. The standard InChI is InChI=1S/C12H17NO2/c1-9(2)15-12-6-4-3-5-11(12)13-10-7-14-8-10/h3-6,9-10,13H,7-8H2,1-2H3. The van der Waals surface area contributed by atoms with Crippen LogP contribution in [0.3, 0.4) is 0 Å². The van der Waals surface area contributed by atoms with Gasteiger partial charge < -0.3 is 14.8 Å². The predicted molar refractivity (Wildman–Crippen MR) is 60.4 cm³/mol. The second-order valence-corrected chi connectivity index (χ2v) is 4.04. The summed E-state index contributed by atoms with van der Waals surface area (Å²) in [4.78, 5) is 0. The SMILES string of the molecule is CC(C)Oc1ccccc1NC1COC1. The Kier molecular flexibility index (Phi) is 3.11. The van der Waals surface area contributed by atoms with Crippen molar-refractivity contribution in [3.8, 4) is 5.75 Å². The molecule has 1 aromatic rings. The average molecular weight is 207 g/mol. The minimum absolute atomic E-state index is 0.200. The molecule has 3 heteroatoms. The van der Waals surface area contributed by atoms with E-state index < -0.39 is 0 Å². The van der Waals surface area contributed by atoms with Crippen LogP contribution in [0.2, 0.25) is 0 Å². The average Bonchev–Trinajstić information content (AvgIpc) is 2.13. The molecule has 82 valence electrons. The maximum atomic E-state index is 5.71. The van der Waals surface area contributed by atoms with Crippen molar-refractivity contribution in [2.24, 2.45) is 0 Å². The van der Waals surface area contributed by atoms with Crippen LogP contribution >= 0.6 is 0 Å². The van der Waals surface area contributed by atoms with Crippen LogP contribution in [0, 0.1) is 0 Å². The first-order chi connectivity index (χ1) is 7.25. The zero-order valence-electron chi connectivity index (χ0n) is 9.19. The van der Waals surface area contributed by atoms with Crippen LogP contribution in [0.4, 0.5) is 5.69 Å². The van der Waals surface area contributed by atoms with Gasteiger partial charge in [0.05, 0.1) is 31.0 Å². The molecule has 0 bridgehead atoms. The molecule has 0 unspecified atom stereocenters. The second kappa shape index (κ2) is 4.53. The summed E-state index contributed by atoms with van der Waals surface area (Å²) in [6, 6.07) is 8.45. The fourth-order valence-corrected chi connectivity index (χ4v) is 1.48. The maximum absolute atomic E-state index is 5.71. The first-order valence-corrected chi connectivity index (χ1v) is 5.35. The summed E-state index contributed by atoms with van der Waals surface area (Å²) in [5, 5.41) is 3.40. The van der Waals surface area contributed by atoms with Crippen LogP contribution < -0.4 is 10.1 Å². The number of hydrogen-bond donors (Lipinski definition) is 1. The van der Waals surface area contributed by atoms with Crippen molar-refractivity contribution in [3.63, 3.8) is 0 Å². The molecule has 1 aliphatic heterocycles. The molecule has 0 saturated carbocycles. The first kappa shape index (κ1) is 10.3. The molecule has 1 saturated heterocycles. The molecule has 0 atom stereocenters. The lowest BCUT2D eigenvalue weighted by atomic mass is 10.2. The van der Waals surface area contributed by atoms with Gasteiger partial charge in [0.15, 0.2) is 0 Å². The largest absolute Gasteiger partial charge is 0.489 e. The molecule has 1 N–H and O–H groups in total. The van der Waals surface area contributed by atoms with Gasteiger partial charge in [0.25, 0.3) is 0 Å². The Morgan fingerprint density at radius 1 is 1.33 bits per heavy atom. The number of para-hydroxylation sites is 2. The fourth-order valence-electron chi connectivity index (χ4n) is 1.48. The summed E-state index contributed by atoms with van der Waals surface area (Å²) >= 11 is 0. The Balaban J connectivity index is 2.06. The maximum Gasteiger partial charge on any atom is 0.142 e. The molecular weight excluding hydrogens is 190 g/mol. The van der Waals surface area contributed by atoms with E-state index >= 15 is 0 Å². The highest BCUT2D eigenvalue weighted by atomic mass is 16.5. The predicted octanol–water partition coefficient (Wildman–Crippen LogP) is 2.28. The van der Waals surface area contributed by atoms with E-state index in [0.717, 1.165) is 24.7 Å². The fraction of sp³-hybridized carbons (Fsp3) is 0.500. The van der Waals surface area contributed by atoms with Crippen LogP contribution in [0.1, 0.15) is 13.8 Å². The minimum atomic E-state index is 0.200. The van der Waals surface area contributed by atoms with Gasteiger partial charge in [-0.25, -0.2) is 0 Å². The normalized spacial score (nSPS) is 16.2. The van der Waals surface area contributed by atoms with E-state index in [4.69, 9.17) is 9.47 Å². The van der Waals surface area contributed by atoms with Crippen molar-refractivity contribution in [1.29, 1.82) is 0 Å². The van der Waals surface area contributed by atoms with Gasteiger partial charge in [-0.15, -0.1) is 0 Å². The van der Waals surface area contributed by atoms with Gasteiger partial charge in [-0.2, -0.15) is 0 Å². The Labute approximate surface area is 90.4 Å². The summed E-state index contributed by atoms with van der Waals surface area (Å²) in [5.41, 5.74) is 1.06. The molecule has 15 heavy (non-hydrogen) atoms. The molecule has 0 radical (unpaired) electrons. The number of hydrogen-bond acceptors (Lipinski definition) is 3. The quantitative estimate of drug-likeness (QED) is 0.821. The smallest absolute Gasteiger partial charge is 0.142 e. The summed E-state index contributed by atoms with van der Waals surface area (Å²) < 4.78 is 10.8. The molecule has 0 spiro atoms. The zero-order valence-corrected chi connectivity index (χ0v) is 9.19. The molecule has 1 heterocycles. The molecule has 0 amide bonds. The molecule has 0 aromatic heterocycles. The number of rotatable bonds is 4. The van der Waals surface area contributed by atoms with E-state index in [1.165, 1.54) is 0 Å². The summed E-state index contributed by atoms with van der Waals surface area (Å²) in [5.74, 6) is 0.916. The van der Waals surface area contributed by atoms with Crippen molar-refractivity contribution >= 4 is 5.69 Å². The highest BCUT2D eigenvalue weighted by Crippen LogP contribution is 2.26. The zero-order chi connectivity index (χ0) is 10.7. The van der Waals surface area contributed by atoms with Gasteiger partial charge in [0.2, 0.25) is 0 Å². The Morgan fingerprint density at radius 2 is 2.07 bits per heavy atom. The monoisotopic (exact) mass is 207 g/mol. The van der Waals surface area contributed by atoms with Crippen molar-refractivity contribution in [3.05, 3.63) is 24.3 Å². The third-order valence-electron chi connectivity index (χ3n) is 2.25. The number of ether oxygens (including phenoxy) is 2. The second-order valence-electron chi connectivity index (χ2n) is 4.04. The van der Waals surface area contributed by atoms with E-state index in [0.29, 0.717) is 6.04 Å². The van der Waals surface area contributed by atoms with Gasteiger partial charge in [0, 0.05) is 0 Å². The van der Waals surface area contributed by atoms with Crippen molar-refractivity contribution in [2.75, 3.05) is 18.5 Å². The van der Waals surface area contributed by atoms with Gasteiger partial charge in [0.1, 0.15) is 5.75 Å². The van der Waals surface area contributed by atoms with E-state index in [9.17, 15) is 0 Å². The van der Waals surface area contributed by atoms with Crippen molar-refractivity contribution in [1.82, 2.24) is 0 Å². The molecule has 2 rings (SSSR count). The van der Waals surface area contributed by atoms with Crippen LogP contribution in [0.25, 0.3) is 0 Å². The summed E-state index contributed by atoms with van der Waals surface area (Å²) in [6.45, 7) is 5.64. The molecule has 3 nitrogen and oxygen atoms in total. The minimum Gasteiger partial charge on any atom is -0.489 e. The van der Waals surface area contributed by atoms with Gasteiger partial charge in [-0.3, -0.25) is 0 Å². The Morgan fingerprint density at radius 3 is 2.67 bits per heavy atom. The van der Waals surface area contributed by atoms with Crippen LogP contribution in [-0.4, -0.2) is 25.4 Å². The van der Waals surface area contributed by atoms with Crippen molar-refractivity contribution < 1.29 is 9.47 Å². The highest BCUT2D eigenvalue weighted by molar-refractivity contribution is 5.57. The van der Waals surface area contributed by atoms with E-state index in [-0.39, 0.29) is 6.10 Å². The van der Waals surface area contributed by atoms with Gasteiger partial charge in [-0.1, -0.05) is 12.1 Å². The first-order valence-electron chi connectivity index (χ1n) is 5.35. The van der Waals surface area contributed by atoms with Crippen LogP contribution in [-0.2, 0) is 4.74 Å². The summed E-state index contributed by atoms with van der Waals surface area (Å²) in [7, 11) is 0. The lowest BCUT2D eigenvalue weighted by molar-refractivity contribution is 0.0210. The lowest BCUT2D eigenvalue weighted by Crippen LogP contribution is -2.40. The number of anilines is 1. The number of nitrogens with one attached hydrogen (secondary N) is 1.